The molecule has 29 heavy (non-hydrogen) atoms. The molecule has 2 aromatic carbocycles. The van der Waals surface area contributed by atoms with Crippen molar-refractivity contribution in [1.29, 1.82) is 0 Å². The lowest BCUT2D eigenvalue weighted by Crippen LogP contribution is -2.57. The van der Waals surface area contributed by atoms with Gasteiger partial charge in [-0.2, -0.15) is 0 Å². The van der Waals surface area contributed by atoms with Crippen molar-refractivity contribution in [3.05, 3.63) is 71.3 Å². The van der Waals surface area contributed by atoms with Gasteiger partial charge in [-0.15, -0.1) is 0 Å². The Labute approximate surface area is 172 Å². The maximum Gasteiger partial charge on any atom is 0.255 e. The van der Waals surface area contributed by atoms with E-state index < -0.39 is 11.6 Å². The second-order valence-electron chi connectivity index (χ2n) is 8.33. The van der Waals surface area contributed by atoms with E-state index >= 15 is 0 Å². The van der Waals surface area contributed by atoms with Gasteiger partial charge in [0.1, 0.15) is 6.04 Å². The predicted octanol–water partition coefficient (Wildman–Crippen LogP) is 3.49. The maximum atomic E-state index is 13.6. The predicted molar refractivity (Wildman–Crippen MR) is 111 cm³/mol. The van der Waals surface area contributed by atoms with Crippen LogP contribution in [0.1, 0.15) is 48.2 Å². The van der Waals surface area contributed by atoms with Gasteiger partial charge in [0.2, 0.25) is 5.91 Å². The lowest BCUT2D eigenvalue weighted by molar-refractivity contribution is -0.130. The van der Waals surface area contributed by atoms with Crippen LogP contribution < -0.4 is 5.32 Å². The van der Waals surface area contributed by atoms with E-state index in [1.165, 1.54) is 0 Å². The van der Waals surface area contributed by atoms with Crippen LogP contribution in [0.5, 0.6) is 0 Å². The Kier molecular flexibility index (Phi) is 5.41. The van der Waals surface area contributed by atoms with Crippen molar-refractivity contribution in [3.63, 3.8) is 0 Å². The first-order valence-electron chi connectivity index (χ1n) is 10.4. The Morgan fingerprint density at radius 1 is 1.03 bits per heavy atom. The zero-order valence-corrected chi connectivity index (χ0v) is 17.1. The van der Waals surface area contributed by atoms with Crippen LogP contribution in [0.25, 0.3) is 0 Å². The first kappa shape index (κ1) is 19.6. The van der Waals surface area contributed by atoms with Crippen molar-refractivity contribution in [3.8, 4) is 0 Å². The number of fused-ring (bicyclic) bond motifs is 1. The van der Waals surface area contributed by atoms with Crippen LogP contribution in [-0.2, 0) is 21.6 Å². The first-order valence-corrected chi connectivity index (χ1v) is 10.4. The Morgan fingerprint density at radius 3 is 2.34 bits per heavy atom. The minimum absolute atomic E-state index is 0.000858. The van der Waals surface area contributed by atoms with E-state index in [4.69, 9.17) is 4.74 Å². The molecular weight excluding hydrogens is 364 g/mol. The molecule has 0 bridgehead atoms. The van der Waals surface area contributed by atoms with E-state index in [1.54, 1.807) is 4.90 Å². The zero-order chi connectivity index (χ0) is 20.4. The van der Waals surface area contributed by atoms with Crippen molar-refractivity contribution in [2.75, 3.05) is 13.2 Å². The molecule has 1 saturated heterocycles. The average molecular weight is 392 g/mol. The van der Waals surface area contributed by atoms with Crippen LogP contribution in [0.15, 0.2) is 54.6 Å². The molecule has 152 valence electrons. The molecule has 5 heteroatoms. The van der Waals surface area contributed by atoms with Crippen LogP contribution >= 0.6 is 0 Å². The summed E-state index contributed by atoms with van der Waals surface area (Å²) in [4.78, 5) is 28.3. The van der Waals surface area contributed by atoms with Crippen molar-refractivity contribution in [1.82, 2.24) is 10.2 Å². The van der Waals surface area contributed by atoms with Gasteiger partial charge in [0.25, 0.3) is 5.91 Å². The molecule has 2 heterocycles. The van der Waals surface area contributed by atoms with Gasteiger partial charge in [-0.05, 0) is 36.0 Å². The molecule has 0 aliphatic carbocycles. The van der Waals surface area contributed by atoms with E-state index in [-0.39, 0.29) is 17.7 Å². The highest BCUT2D eigenvalue weighted by Crippen LogP contribution is 2.33. The smallest absolute Gasteiger partial charge is 0.255 e. The van der Waals surface area contributed by atoms with Crippen LogP contribution in [0.4, 0.5) is 0 Å². The summed E-state index contributed by atoms with van der Waals surface area (Å²) in [5.41, 5.74) is 2.32. The molecule has 1 N–H and O–H groups in total. The summed E-state index contributed by atoms with van der Waals surface area (Å²) in [5, 5.41) is 3.34. The van der Waals surface area contributed by atoms with E-state index in [2.05, 4.69) is 17.4 Å². The quantitative estimate of drug-likeness (QED) is 0.847. The molecule has 5 nitrogen and oxygen atoms in total. The molecule has 0 unspecified atom stereocenters. The molecule has 2 amide bonds. The lowest BCUT2D eigenvalue weighted by Gasteiger charge is -2.41. The zero-order valence-electron chi connectivity index (χ0n) is 17.1. The second-order valence-corrected chi connectivity index (χ2v) is 8.33. The van der Waals surface area contributed by atoms with Crippen molar-refractivity contribution >= 4 is 11.8 Å². The Bertz CT molecular complexity index is 888. The lowest BCUT2D eigenvalue weighted by atomic mass is 9.82. The van der Waals surface area contributed by atoms with Gasteiger partial charge < -0.3 is 15.0 Å². The average Bonchev–Trinajstić information content (AvgIpc) is 3.05. The molecule has 0 radical (unpaired) electrons. The van der Waals surface area contributed by atoms with Gasteiger partial charge in [-0.25, -0.2) is 0 Å². The van der Waals surface area contributed by atoms with Crippen LogP contribution in [-0.4, -0.2) is 36.0 Å². The first-order chi connectivity index (χ1) is 14.0. The number of benzene rings is 2. The summed E-state index contributed by atoms with van der Waals surface area (Å²) in [7, 11) is 0. The third kappa shape index (κ3) is 3.67. The maximum absolute atomic E-state index is 13.6. The third-order valence-electron chi connectivity index (χ3n) is 6.12. The van der Waals surface area contributed by atoms with E-state index in [9.17, 15) is 9.59 Å². The number of hydrogen-bond donors (Lipinski definition) is 1. The highest BCUT2D eigenvalue weighted by molar-refractivity contribution is 6.01. The molecule has 0 aromatic heterocycles. The van der Waals surface area contributed by atoms with Gasteiger partial charge >= 0.3 is 0 Å². The standard InChI is InChI=1S/C24H28N2O3/c1-17(2)21(26-16-18-8-6-7-11-20(18)23(26)28)22(27)25-24(12-14-29-15-13-24)19-9-4-3-5-10-19/h3-11,17,21H,12-16H2,1-2H3,(H,25,27)/t21-/m1/s1. The Balaban J connectivity index is 1.61. The molecule has 0 saturated carbocycles. The summed E-state index contributed by atoms with van der Waals surface area (Å²) < 4.78 is 5.58. The number of hydrogen-bond acceptors (Lipinski definition) is 3. The van der Waals surface area contributed by atoms with Gasteiger partial charge in [0, 0.05) is 25.3 Å². The minimum Gasteiger partial charge on any atom is -0.381 e. The van der Waals surface area contributed by atoms with Crippen LogP contribution in [0.3, 0.4) is 0 Å². The highest BCUT2D eigenvalue weighted by Gasteiger charge is 2.42. The van der Waals surface area contributed by atoms with Crippen molar-refractivity contribution in [2.24, 2.45) is 5.92 Å². The SMILES string of the molecule is CC(C)[C@H](C(=O)NC1(c2ccccc2)CCOCC1)N1Cc2ccccc2C1=O. The topological polar surface area (TPSA) is 58.6 Å². The highest BCUT2D eigenvalue weighted by atomic mass is 16.5. The van der Waals surface area contributed by atoms with E-state index in [0.717, 1.165) is 24.0 Å². The summed E-state index contributed by atoms with van der Waals surface area (Å²) >= 11 is 0. The monoisotopic (exact) mass is 392 g/mol. The molecule has 2 aliphatic rings. The number of carbonyl (C=O) groups excluding carboxylic acids is 2. The van der Waals surface area contributed by atoms with Crippen LogP contribution in [0, 0.1) is 5.92 Å². The fourth-order valence-corrected chi connectivity index (χ4v) is 4.58. The Hall–Kier alpha value is -2.66. The summed E-state index contributed by atoms with van der Waals surface area (Å²) in [5.74, 6) is -0.150. The van der Waals surface area contributed by atoms with Gasteiger partial charge in [0.15, 0.2) is 0 Å². The number of carbonyl (C=O) groups is 2. The number of amides is 2. The van der Waals surface area contributed by atoms with Crippen molar-refractivity contribution in [2.45, 2.75) is 44.8 Å². The fraction of sp³-hybridized carbons (Fsp3) is 0.417. The number of nitrogens with zero attached hydrogens (tertiary/aromatic N) is 1. The Morgan fingerprint density at radius 2 is 1.69 bits per heavy atom. The molecule has 0 spiro atoms. The molecule has 1 fully saturated rings. The molecule has 4 rings (SSSR count). The minimum atomic E-state index is -0.515. The fourth-order valence-electron chi connectivity index (χ4n) is 4.58. The largest absolute Gasteiger partial charge is 0.381 e. The van der Waals surface area contributed by atoms with Gasteiger partial charge in [0.05, 0.1) is 5.54 Å². The number of ether oxygens (including phenoxy) is 1. The molecule has 2 aromatic rings. The van der Waals surface area contributed by atoms with E-state index in [1.807, 2.05) is 56.3 Å². The molecule has 2 aliphatic heterocycles. The summed E-state index contributed by atoms with van der Waals surface area (Å²) in [6, 6.07) is 17.2. The molecular formula is C24H28N2O3. The molecule has 1 atom stereocenters. The summed E-state index contributed by atoms with van der Waals surface area (Å²) in [6.07, 6.45) is 1.45. The number of nitrogens with one attached hydrogen (secondary N) is 1. The van der Waals surface area contributed by atoms with Gasteiger partial charge in [-0.1, -0.05) is 62.4 Å². The second kappa shape index (κ2) is 7.99. The summed E-state index contributed by atoms with van der Waals surface area (Å²) in [6.45, 7) is 5.69. The van der Waals surface area contributed by atoms with E-state index in [0.29, 0.717) is 25.3 Å². The van der Waals surface area contributed by atoms with Gasteiger partial charge in [-0.3, -0.25) is 9.59 Å². The van der Waals surface area contributed by atoms with Crippen LogP contribution in [0.2, 0.25) is 0 Å². The number of rotatable bonds is 5. The third-order valence-corrected chi connectivity index (χ3v) is 6.12. The normalized spacial score (nSPS) is 19.1. The van der Waals surface area contributed by atoms with Crippen molar-refractivity contribution < 1.29 is 14.3 Å².